The van der Waals surface area contributed by atoms with Crippen molar-refractivity contribution in [1.82, 2.24) is 15.0 Å². The monoisotopic (exact) mass is 275 g/mol. The highest BCUT2D eigenvalue weighted by Crippen LogP contribution is 2.19. The first-order chi connectivity index (χ1) is 9.58. The lowest BCUT2D eigenvalue weighted by Gasteiger charge is -2.07. The normalized spacial score (nSPS) is 10.0. The molecule has 2 N–H and O–H groups in total. The van der Waals surface area contributed by atoms with E-state index in [-0.39, 0.29) is 23.6 Å². The number of hydrogen-bond donors (Lipinski definition) is 2. The van der Waals surface area contributed by atoms with E-state index >= 15 is 0 Å². The van der Waals surface area contributed by atoms with Crippen LogP contribution in [-0.4, -0.2) is 31.0 Å². The van der Waals surface area contributed by atoms with Gasteiger partial charge in [0.25, 0.3) is 5.69 Å². The molecular formula is C11H9N5O4. The van der Waals surface area contributed by atoms with Crippen molar-refractivity contribution in [2.75, 3.05) is 5.32 Å². The number of pyridine rings is 1. The summed E-state index contributed by atoms with van der Waals surface area (Å²) in [6, 6.07) is 2.61. The van der Waals surface area contributed by atoms with E-state index in [9.17, 15) is 14.9 Å². The van der Waals surface area contributed by atoms with Crippen LogP contribution in [0.5, 0.6) is 0 Å². The van der Waals surface area contributed by atoms with E-state index in [1.807, 2.05) is 0 Å². The number of carboxylic acid groups (broad SMARTS) is 1. The average Bonchev–Trinajstić information content (AvgIpc) is 2.45. The highest BCUT2D eigenvalue weighted by atomic mass is 16.6. The maximum Gasteiger partial charge on any atom is 0.339 e. The molecule has 0 unspecified atom stereocenters. The van der Waals surface area contributed by atoms with Gasteiger partial charge < -0.3 is 10.4 Å². The number of nitrogens with one attached hydrogen (secondary N) is 1. The highest BCUT2D eigenvalue weighted by Gasteiger charge is 2.17. The Hall–Kier alpha value is -3.10. The molecule has 0 amide bonds. The average molecular weight is 275 g/mol. The van der Waals surface area contributed by atoms with Gasteiger partial charge in [-0.25, -0.2) is 19.7 Å². The van der Waals surface area contributed by atoms with E-state index in [4.69, 9.17) is 5.11 Å². The quantitative estimate of drug-likeness (QED) is 0.612. The number of nitrogens with zero attached hydrogens (tertiary/aromatic N) is 4. The molecule has 2 heterocycles. The number of rotatable bonds is 5. The van der Waals surface area contributed by atoms with Gasteiger partial charge in [-0.15, -0.1) is 0 Å². The number of carboxylic acids is 1. The smallest absolute Gasteiger partial charge is 0.339 e. The van der Waals surface area contributed by atoms with Crippen molar-refractivity contribution in [3.05, 3.63) is 52.2 Å². The number of anilines is 1. The topological polar surface area (TPSA) is 131 Å². The fourth-order valence-corrected chi connectivity index (χ4v) is 1.45. The van der Waals surface area contributed by atoms with Crippen LogP contribution in [0.1, 0.15) is 16.1 Å². The Morgan fingerprint density at radius 1 is 1.45 bits per heavy atom. The predicted octanol–water partition coefficient (Wildman–Crippen LogP) is 1.09. The minimum atomic E-state index is -1.30. The molecule has 9 nitrogen and oxygen atoms in total. The molecule has 0 saturated heterocycles. The summed E-state index contributed by atoms with van der Waals surface area (Å²) in [6.45, 7) is 0.230. The van der Waals surface area contributed by atoms with Crippen molar-refractivity contribution >= 4 is 17.5 Å². The van der Waals surface area contributed by atoms with Gasteiger partial charge in [0, 0.05) is 12.3 Å². The molecule has 2 aromatic heterocycles. The van der Waals surface area contributed by atoms with Gasteiger partial charge in [-0.2, -0.15) is 0 Å². The third-order valence-electron chi connectivity index (χ3n) is 2.39. The number of aromatic carboxylic acids is 1. The maximum absolute atomic E-state index is 11.1. The number of hydrogen-bond acceptors (Lipinski definition) is 7. The van der Waals surface area contributed by atoms with Crippen LogP contribution in [0.2, 0.25) is 0 Å². The van der Waals surface area contributed by atoms with Gasteiger partial charge in [0.2, 0.25) is 0 Å². The summed E-state index contributed by atoms with van der Waals surface area (Å²) in [6.07, 6.45) is 3.90. The number of nitro groups is 1. The summed E-state index contributed by atoms with van der Waals surface area (Å²) < 4.78 is 0. The van der Waals surface area contributed by atoms with Crippen LogP contribution in [0.25, 0.3) is 0 Å². The molecule has 0 radical (unpaired) electrons. The molecule has 0 aromatic carbocycles. The van der Waals surface area contributed by atoms with Crippen LogP contribution < -0.4 is 5.32 Å². The Morgan fingerprint density at radius 2 is 2.25 bits per heavy atom. The van der Waals surface area contributed by atoms with Crippen LogP contribution in [-0.2, 0) is 6.54 Å². The molecule has 9 heteroatoms. The minimum Gasteiger partial charge on any atom is -0.478 e. The highest BCUT2D eigenvalue weighted by molar-refractivity contribution is 5.93. The lowest BCUT2D eigenvalue weighted by Crippen LogP contribution is -2.10. The van der Waals surface area contributed by atoms with Crippen LogP contribution in [0.3, 0.4) is 0 Å². The molecule has 0 atom stereocenters. The van der Waals surface area contributed by atoms with E-state index in [0.29, 0.717) is 5.69 Å². The summed E-state index contributed by atoms with van der Waals surface area (Å²) in [5.41, 5.74) is -0.0141. The van der Waals surface area contributed by atoms with Gasteiger partial charge in [-0.3, -0.25) is 10.1 Å². The summed E-state index contributed by atoms with van der Waals surface area (Å²) >= 11 is 0. The molecule has 20 heavy (non-hydrogen) atoms. The second-order valence-corrected chi connectivity index (χ2v) is 3.71. The lowest BCUT2D eigenvalue weighted by molar-refractivity contribution is -0.385. The molecular weight excluding hydrogens is 266 g/mol. The molecule has 0 spiro atoms. The van der Waals surface area contributed by atoms with E-state index < -0.39 is 10.9 Å². The standard InChI is InChI=1S/C11H9N5O4/c17-11(18)9-3-8(16(19)20)5-14-10(9)13-4-7-1-2-12-6-15-7/h1-3,5-6H,4H2,(H,13,14)(H,17,18). The van der Waals surface area contributed by atoms with E-state index in [1.165, 1.54) is 6.33 Å². The lowest BCUT2D eigenvalue weighted by atomic mass is 10.2. The Kier molecular flexibility index (Phi) is 3.80. The third-order valence-corrected chi connectivity index (χ3v) is 2.39. The first-order valence-electron chi connectivity index (χ1n) is 5.44. The fraction of sp³-hybridized carbons (Fsp3) is 0.0909. The van der Waals surface area contributed by atoms with Crippen LogP contribution in [0, 0.1) is 10.1 Å². The summed E-state index contributed by atoms with van der Waals surface area (Å²) in [7, 11) is 0. The predicted molar refractivity (Wildman–Crippen MR) is 67.2 cm³/mol. The number of aromatic nitrogens is 3. The van der Waals surface area contributed by atoms with Crippen LogP contribution in [0.4, 0.5) is 11.5 Å². The minimum absolute atomic E-state index is 0.0433. The second-order valence-electron chi connectivity index (χ2n) is 3.71. The van der Waals surface area contributed by atoms with Gasteiger partial charge in [-0.1, -0.05) is 0 Å². The van der Waals surface area contributed by atoms with Gasteiger partial charge in [0.1, 0.15) is 23.9 Å². The van der Waals surface area contributed by atoms with Crippen molar-refractivity contribution in [2.45, 2.75) is 6.54 Å². The molecule has 102 valence electrons. The Morgan fingerprint density at radius 3 is 2.85 bits per heavy atom. The van der Waals surface area contributed by atoms with Gasteiger partial charge in [0.05, 0.1) is 17.2 Å². The summed E-state index contributed by atoms with van der Waals surface area (Å²) in [4.78, 5) is 32.5. The molecule has 0 aliphatic carbocycles. The largest absolute Gasteiger partial charge is 0.478 e. The van der Waals surface area contributed by atoms with Crippen LogP contribution >= 0.6 is 0 Å². The Balaban J connectivity index is 2.23. The molecule has 2 aromatic rings. The van der Waals surface area contributed by atoms with Crippen molar-refractivity contribution in [2.24, 2.45) is 0 Å². The molecule has 0 fully saturated rings. The van der Waals surface area contributed by atoms with Crippen molar-refractivity contribution in [1.29, 1.82) is 0 Å². The van der Waals surface area contributed by atoms with Crippen molar-refractivity contribution in [3.63, 3.8) is 0 Å². The first-order valence-corrected chi connectivity index (χ1v) is 5.44. The first kappa shape index (κ1) is 13.3. The van der Waals surface area contributed by atoms with Crippen molar-refractivity contribution in [3.8, 4) is 0 Å². The maximum atomic E-state index is 11.1. The van der Waals surface area contributed by atoms with E-state index in [1.54, 1.807) is 12.3 Å². The van der Waals surface area contributed by atoms with Gasteiger partial charge in [0.15, 0.2) is 0 Å². The SMILES string of the molecule is O=C(O)c1cc([N+](=O)[O-])cnc1NCc1ccncn1. The zero-order valence-electron chi connectivity index (χ0n) is 10.1. The summed E-state index contributed by atoms with van der Waals surface area (Å²) in [5.74, 6) is -1.26. The van der Waals surface area contributed by atoms with E-state index in [2.05, 4.69) is 20.3 Å². The molecule has 0 aliphatic rings. The molecule has 2 rings (SSSR count). The molecule has 0 bridgehead atoms. The van der Waals surface area contributed by atoms with Gasteiger partial charge >= 0.3 is 5.97 Å². The van der Waals surface area contributed by atoms with E-state index in [0.717, 1.165) is 12.3 Å². The van der Waals surface area contributed by atoms with Crippen LogP contribution in [0.15, 0.2) is 30.9 Å². The third kappa shape index (κ3) is 3.02. The number of carbonyl (C=O) groups is 1. The second kappa shape index (κ2) is 5.69. The summed E-state index contributed by atoms with van der Waals surface area (Å²) in [5, 5.41) is 22.4. The zero-order chi connectivity index (χ0) is 14.5. The molecule has 0 saturated carbocycles. The van der Waals surface area contributed by atoms with Crippen molar-refractivity contribution < 1.29 is 14.8 Å². The van der Waals surface area contributed by atoms with Gasteiger partial charge in [-0.05, 0) is 6.07 Å². The Bertz CT molecular complexity index is 647. The molecule has 0 aliphatic heterocycles. The Labute approximate surface area is 112 Å². The zero-order valence-corrected chi connectivity index (χ0v) is 10.1. The fourth-order valence-electron chi connectivity index (χ4n) is 1.45.